The first-order valence-electron chi connectivity index (χ1n) is 6.06. The predicted octanol–water partition coefficient (Wildman–Crippen LogP) is 3.98. The van der Waals surface area contributed by atoms with Gasteiger partial charge in [0.05, 0.1) is 0 Å². The fraction of sp³-hybridized carbons (Fsp3) is 0.571. The minimum atomic E-state index is 0.127. The van der Waals surface area contributed by atoms with Crippen LogP contribution in [0, 0.1) is 12.3 Å². The summed E-state index contributed by atoms with van der Waals surface area (Å²) in [4.78, 5) is 0. The Labute approximate surface area is 110 Å². The molecule has 0 spiro atoms. The van der Waals surface area contributed by atoms with Crippen molar-refractivity contribution < 1.29 is 0 Å². The van der Waals surface area contributed by atoms with Gasteiger partial charge >= 0.3 is 0 Å². The van der Waals surface area contributed by atoms with Crippen LogP contribution in [0.1, 0.15) is 50.8 Å². The van der Waals surface area contributed by atoms with Crippen molar-refractivity contribution in [2.24, 2.45) is 11.3 Å². The molecule has 0 saturated carbocycles. The quantitative estimate of drug-likeness (QED) is 0.630. The maximum atomic E-state index is 6.32. The van der Waals surface area contributed by atoms with Crippen LogP contribution in [0.25, 0.3) is 0 Å². The molecule has 1 rings (SSSR count). The van der Waals surface area contributed by atoms with E-state index in [9.17, 15) is 0 Å². The van der Waals surface area contributed by atoms with Gasteiger partial charge in [0.25, 0.3) is 0 Å². The van der Waals surface area contributed by atoms with Crippen molar-refractivity contribution in [2.45, 2.75) is 46.6 Å². The van der Waals surface area contributed by atoms with Gasteiger partial charge in [0.2, 0.25) is 0 Å². The van der Waals surface area contributed by atoms with Gasteiger partial charge in [-0.3, -0.25) is 11.3 Å². The highest BCUT2D eigenvalue weighted by Gasteiger charge is 2.18. The molecule has 0 heterocycles. The van der Waals surface area contributed by atoms with Crippen LogP contribution in [0.4, 0.5) is 0 Å². The minimum Gasteiger partial charge on any atom is -0.271 e. The van der Waals surface area contributed by atoms with Crippen LogP contribution in [0.2, 0.25) is 5.02 Å². The summed E-state index contributed by atoms with van der Waals surface area (Å²) in [5.74, 6) is 5.64. The van der Waals surface area contributed by atoms with Crippen molar-refractivity contribution in [3.8, 4) is 0 Å². The van der Waals surface area contributed by atoms with Gasteiger partial charge in [0.1, 0.15) is 0 Å². The maximum absolute atomic E-state index is 6.32. The molecule has 2 nitrogen and oxygen atoms in total. The molecule has 3 N–H and O–H groups in total. The second-order valence-corrected chi connectivity index (χ2v) is 6.17. The number of halogens is 1. The summed E-state index contributed by atoms with van der Waals surface area (Å²) in [6, 6.07) is 6.21. The highest BCUT2D eigenvalue weighted by Crippen LogP contribution is 2.31. The van der Waals surface area contributed by atoms with Gasteiger partial charge in [0, 0.05) is 11.1 Å². The lowest BCUT2D eigenvalue weighted by Gasteiger charge is -2.24. The van der Waals surface area contributed by atoms with E-state index < -0.39 is 0 Å². The van der Waals surface area contributed by atoms with Crippen molar-refractivity contribution in [3.05, 3.63) is 34.3 Å². The molecule has 1 atom stereocenters. The molecular weight excluding hydrogens is 232 g/mol. The van der Waals surface area contributed by atoms with E-state index in [0.29, 0.717) is 5.41 Å². The van der Waals surface area contributed by atoms with E-state index in [2.05, 4.69) is 26.2 Å². The van der Waals surface area contributed by atoms with Crippen LogP contribution in [-0.4, -0.2) is 0 Å². The van der Waals surface area contributed by atoms with Crippen LogP contribution < -0.4 is 11.3 Å². The van der Waals surface area contributed by atoms with Crippen LogP contribution in [-0.2, 0) is 0 Å². The van der Waals surface area contributed by atoms with Crippen molar-refractivity contribution in [2.75, 3.05) is 0 Å². The third-order valence-corrected chi connectivity index (χ3v) is 3.50. The van der Waals surface area contributed by atoms with E-state index >= 15 is 0 Å². The topological polar surface area (TPSA) is 38.0 Å². The van der Waals surface area contributed by atoms with E-state index in [1.54, 1.807) is 0 Å². The highest BCUT2D eigenvalue weighted by atomic mass is 35.5. The number of rotatable bonds is 4. The van der Waals surface area contributed by atoms with Crippen molar-refractivity contribution in [1.29, 1.82) is 0 Å². The summed E-state index contributed by atoms with van der Waals surface area (Å²) >= 11 is 6.32. The number of nitrogens with two attached hydrogens (primary N) is 1. The zero-order chi connectivity index (χ0) is 13.1. The first kappa shape index (κ1) is 14.5. The third kappa shape index (κ3) is 4.30. The number of benzene rings is 1. The van der Waals surface area contributed by atoms with Crippen molar-refractivity contribution in [3.63, 3.8) is 0 Å². The monoisotopic (exact) mass is 254 g/mol. The van der Waals surface area contributed by atoms with Gasteiger partial charge in [-0.25, -0.2) is 0 Å². The first-order valence-corrected chi connectivity index (χ1v) is 6.44. The van der Waals surface area contributed by atoms with Crippen LogP contribution in [0.15, 0.2) is 18.2 Å². The Morgan fingerprint density at radius 1 is 1.35 bits per heavy atom. The van der Waals surface area contributed by atoms with Gasteiger partial charge in [-0.1, -0.05) is 50.6 Å². The number of aryl methyl sites for hydroxylation is 1. The Bertz CT molecular complexity index is 369. The average Bonchev–Trinajstić information content (AvgIpc) is 2.23. The number of nitrogens with one attached hydrogen (secondary N) is 1. The van der Waals surface area contributed by atoms with Gasteiger partial charge in [-0.15, -0.1) is 0 Å². The molecule has 0 aliphatic heterocycles. The third-order valence-electron chi connectivity index (χ3n) is 2.98. The van der Waals surface area contributed by atoms with Crippen LogP contribution in [0.5, 0.6) is 0 Å². The molecule has 96 valence electrons. The van der Waals surface area contributed by atoms with E-state index in [4.69, 9.17) is 17.4 Å². The summed E-state index contributed by atoms with van der Waals surface area (Å²) in [6.07, 6.45) is 2.09. The minimum absolute atomic E-state index is 0.127. The summed E-state index contributed by atoms with van der Waals surface area (Å²) in [5.41, 5.74) is 5.38. The molecule has 1 unspecified atom stereocenters. The first-order chi connectivity index (χ1) is 7.85. The Morgan fingerprint density at radius 2 is 2.00 bits per heavy atom. The lowest BCUT2D eigenvalue weighted by Crippen LogP contribution is -2.29. The van der Waals surface area contributed by atoms with Gasteiger partial charge in [-0.2, -0.15) is 0 Å². The zero-order valence-electron chi connectivity index (χ0n) is 11.2. The second kappa shape index (κ2) is 5.85. The molecule has 0 bridgehead atoms. The normalized spacial score (nSPS) is 13.8. The molecule has 1 aromatic rings. The molecule has 17 heavy (non-hydrogen) atoms. The van der Waals surface area contributed by atoms with Gasteiger partial charge in [-0.05, 0) is 36.3 Å². The molecule has 0 fully saturated rings. The molecule has 0 saturated heterocycles. The molecule has 0 aliphatic rings. The van der Waals surface area contributed by atoms with E-state index in [1.807, 2.05) is 25.1 Å². The van der Waals surface area contributed by atoms with E-state index in [-0.39, 0.29) is 6.04 Å². The highest BCUT2D eigenvalue weighted by molar-refractivity contribution is 6.32. The smallest absolute Gasteiger partial charge is 0.0483 e. The number of hydrogen-bond donors (Lipinski definition) is 2. The Hall–Kier alpha value is -0.570. The molecule has 0 amide bonds. The Kier molecular flexibility index (Phi) is 4.99. The molecule has 0 aromatic heterocycles. The largest absolute Gasteiger partial charge is 0.271 e. The summed E-state index contributed by atoms with van der Waals surface area (Å²) in [5, 5.41) is 0.823. The summed E-state index contributed by atoms with van der Waals surface area (Å²) in [7, 11) is 0. The fourth-order valence-electron chi connectivity index (χ4n) is 1.85. The second-order valence-electron chi connectivity index (χ2n) is 5.80. The Balaban J connectivity index is 2.83. The van der Waals surface area contributed by atoms with Crippen molar-refractivity contribution >= 4 is 11.6 Å². The fourth-order valence-corrected chi connectivity index (χ4v) is 2.10. The summed E-state index contributed by atoms with van der Waals surface area (Å²) in [6.45, 7) is 8.72. The van der Waals surface area contributed by atoms with Crippen molar-refractivity contribution in [1.82, 2.24) is 5.43 Å². The van der Waals surface area contributed by atoms with Gasteiger partial charge < -0.3 is 0 Å². The summed E-state index contributed by atoms with van der Waals surface area (Å²) < 4.78 is 0. The van der Waals surface area contributed by atoms with Crippen LogP contribution >= 0.6 is 11.6 Å². The molecule has 1 aromatic carbocycles. The predicted molar refractivity (Wildman–Crippen MR) is 74.9 cm³/mol. The number of hydrogen-bond acceptors (Lipinski definition) is 2. The molecule has 0 aliphatic carbocycles. The SMILES string of the molecule is Cc1cccc(C(CCC(C)(C)C)NN)c1Cl. The lowest BCUT2D eigenvalue weighted by atomic mass is 9.87. The van der Waals surface area contributed by atoms with Gasteiger partial charge in [0.15, 0.2) is 0 Å². The zero-order valence-corrected chi connectivity index (χ0v) is 11.9. The molecule has 0 radical (unpaired) electrons. The van der Waals surface area contributed by atoms with E-state index in [1.165, 1.54) is 0 Å². The maximum Gasteiger partial charge on any atom is 0.0483 e. The standard InChI is InChI=1S/C14H23ClN2/c1-10-6-5-7-11(13(10)15)12(17-16)8-9-14(2,3)4/h5-7,12,17H,8-9,16H2,1-4H3. The average molecular weight is 255 g/mol. The molecular formula is C14H23ClN2. The van der Waals surface area contributed by atoms with Crippen LogP contribution in [0.3, 0.4) is 0 Å². The molecule has 3 heteroatoms. The van der Waals surface area contributed by atoms with E-state index in [0.717, 1.165) is 29.0 Å². The lowest BCUT2D eigenvalue weighted by molar-refractivity contribution is 0.333. The Morgan fingerprint density at radius 3 is 2.53 bits per heavy atom. The number of hydrazine groups is 1.